The topological polar surface area (TPSA) is 92.9 Å². The average Bonchev–Trinajstić information content (AvgIpc) is 2.85. The molecule has 0 aromatic heterocycles. The molecule has 2 N–H and O–H groups in total. The smallest absolute Gasteiger partial charge is 0.257 e. The van der Waals surface area contributed by atoms with Crippen LogP contribution in [0.5, 0.6) is 5.75 Å². The summed E-state index contributed by atoms with van der Waals surface area (Å²) in [4.78, 5) is 13.6. The highest BCUT2D eigenvalue weighted by Gasteiger charge is 2.38. The Morgan fingerprint density at radius 2 is 2.00 bits per heavy atom. The van der Waals surface area contributed by atoms with Crippen LogP contribution in [0.1, 0.15) is 17.3 Å². The van der Waals surface area contributed by atoms with Crippen molar-refractivity contribution in [3.05, 3.63) is 22.7 Å². The van der Waals surface area contributed by atoms with Crippen molar-refractivity contribution in [3.8, 4) is 5.75 Å². The van der Waals surface area contributed by atoms with Crippen LogP contribution >= 0.6 is 11.6 Å². The first-order valence-electron chi connectivity index (χ1n) is 7.44. The highest BCUT2D eigenvalue weighted by atomic mass is 35.5. The maximum Gasteiger partial charge on any atom is 0.257 e. The minimum Gasteiger partial charge on any atom is -0.494 e. The lowest BCUT2D eigenvalue weighted by Gasteiger charge is -2.21. The number of methoxy groups -OCH3 is 1. The quantitative estimate of drug-likeness (QED) is 0.848. The molecule has 1 aromatic carbocycles. The van der Waals surface area contributed by atoms with Gasteiger partial charge in [-0.05, 0) is 18.1 Å². The number of rotatable bonds is 4. The molecular formula is C15H22ClN3O4S. The van der Waals surface area contributed by atoms with Crippen molar-refractivity contribution in [3.63, 3.8) is 0 Å². The summed E-state index contributed by atoms with van der Waals surface area (Å²) in [5.74, 6) is -0.351. The number of hydrogen-bond acceptors (Lipinski definition) is 5. The summed E-state index contributed by atoms with van der Waals surface area (Å²) in [6.07, 6.45) is 0. The summed E-state index contributed by atoms with van der Waals surface area (Å²) in [6.45, 7) is 2.43. The normalized spacial score (nSPS) is 21.8. The van der Waals surface area contributed by atoms with E-state index < -0.39 is 15.9 Å². The van der Waals surface area contributed by atoms with Gasteiger partial charge in [-0.15, -0.1) is 0 Å². The van der Waals surface area contributed by atoms with E-state index in [1.165, 1.54) is 28.4 Å². The molecule has 0 saturated carbocycles. The Balaban J connectivity index is 2.59. The van der Waals surface area contributed by atoms with Crippen LogP contribution in [-0.2, 0) is 10.0 Å². The van der Waals surface area contributed by atoms with Crippen molar-refractivity contribution in [1.82, 2.24) is 9.21 Å². The lowest BCUT2D eigenvalue weighted by atomic mass is 10.1. The van der Waals surface area contributed by atoms with E-state index in [0.29, 0.717) is 6.54 Å². The number of carbonyl (C=O) groups is 1. The Labute approximate surface area is 147 Å². The fourth-order valence-corrected chi connectivity index (χ4v) is 4.72. The van der Waals surface area contributed by atoms with Gasteiger partial charge >= 0.3 is 0 Å². The average molecular weight is 376 g/mol. The molecule has 0 aliphatic carbocycles. The molecule has 2 atom stereocenters. The van der Waals surface area contributed by atoms with Crippen LogP contribution in [-0.4, -0.2) is 63.9 Å². The standard InChI is InChI=1S/C15H22ClN3O4S/c1-9-7-19(8-12(9)17)24(21,22)13-6-10(16)5-11(14(13)23-4)15(20)18(2)3/h5-6,9,12H,7-8,17H2,1-4H3. The second-order valence-corrected chi connectivity index (χ2v) is 8.49. The summed E-state index contributed by atoms with van der Waals surface area (Å²) in [5.41, 5.74) is 6.04. The highest BCUT2D eigenvalue weighted by Crippen LogP contribution is 2.35. The van der Waals surface area contributed by atoms with Gasteiger partial charge in [-0.3, -0.25) is 4.79 Å². The Morgan fingerprint density at radius 1 is 1.38 bits per heavy atom. The van der Waals surface area contributed by atoms with Crippen LogP contribution in [0.3, 0.4) is 0 Å². The van der Waals surface area contributed by atoms with Gasteiger partial charge < -0.3 is 15.4 Å². The first-order chi connectivity index (χ1) is 11.1. The molecule has 0 radical (unpaired) electrons. The fourth-order valence-electron chi connectivity index (χ4n) is 2.65. The Kier molecular flexibility index (Phi) is 5.44. The van der Waals surface area contributed by atoms with Gasteiger partial charge in [0.05, 0.1) is 12.7 Å². The summed E-state index contributed by atoms with van der Waals surface area (Å²) < 4.78 is 32.6. The number of ether oxygens (including phenoxy) is 1. The van der Waals surface area contributed by atoms with Crippen LogP contribution in [0.15, 0.2) is 17.0 Å². The maximum atomic E-state index is 13.0. The van der Waals surface area contributed by atoms with E-state index in [2.05, 4.69) is 0 Å². The van der Waals surface area contributed by atoms with Gasteiger partial charge in [0.2, 0.25) is 10.0 Å². The Morgan fingerprint density at radius 3 is 2.46 bits per heavy atom. The van der Waals surface area contributed by atoms with E-state index in [-0.39, 0.29) is 39.7 Å². The zero-order valence-corrected chi connectivity index (χ0v) is 15.7. The van der Waals surface area contributed by atoms with Crippen molar-refractivity contribution in [1.29, 1.82) is 0 Å². The second kappa shape index (κ2) is 6.87. The molecule has 2 rings (SSSR count). The minimum atomic E-state index is -3.88. The first kappa shape index (κ1) is 19.0. The van der Waals surface area contributed by atoms with Gasteiger partial charge in [-0.1, -0.05) is 18.5 Å². The highest BCUT2D eigenvalue weighted by molar-refractivity contribution is 7.89. The molecule has 1 aliphatic rings. The van der Waals surface area contributed by atoms with Crippen LogP contribution in [0.2, 0.25) is 5.02 Å². The van der Waals surface area contributed by atoms with E-state index in [4.69, 9.17) is 22.1 Å². The third-order valence-electron chi connectivity index (χ3n) is 4.12. The predicted molar refractivity (Wildman–Crippen MR) is 91.9 cm³/mol. The molecule has 1 aromatic rings. The number of nitrogens with zero attached hydrogens (tertiary/aromatic N) is 2. The van der Waals surface area contributed by atoms with E-state index >= 15 is 0 Å². The molecule has 1 amide bonds. The summed E-state index contributed by atoms with van der Waals surface area (Å²) >= 11 is 6.06. The number of benzene rings is 1. The lowest BCUT2D eigenvalue weighted by Crippen LogP contribution is -2.33. The maximum absolute atomic E-state index is 13.0. The van der Waals surface area contributed by atoms with Crippen molar-refractivity contribution in [2.45, 2.75) is 17.9 Å². The van der Waals surface area contributed by atoms with Gasteiger partial charge in [0.1, 0.15) is 4.90 Å². The SMILES string of the molecule is COc1c(C(=O)N(C)C)cc(Cl)cc1S(=O)(=O)N1CC(C)C(N)C1. The van der Waals surface area contributed by atoms with E-state index in [1.807, 2.05) is 6.92 Å². The van der Waals surface area contributed by atoms with E-state index in [0.717, 1.165) is 0 Å². The van der Waals surface area contributed by atoms with E-state index in [9.17, 15) is 13.2 Å². The number of carbonyl (C=O) groups excluding carboxylic acids is 1. The van der Waals surface area contributed by atoms with Crippen LogP contribution in [0, 0.1) is 5.92 Å². The molecule has 2 unspecified atom stereocenters. The third kappa shape index (κ3) is 3.37. The number of hydrogen-bond donors (Lipinski definition) is 1. The summed E-state index contributed by atoms with van der Waals surface area (Å²) in [6, 6.07) is 2.48. The Hall–Kier alpha value is -1.35. The Bertz CT molecular complexity index is 741. The molecule has 24 heavy (non-hydrogen) atoms. The van der Waals surface area contributed by atoms with Crippen LogP contribution < -0.4 is 10.5 Å². The predicted octanol–water partition coefficient (Wildman–Crippen LogP) is 1.02. The third-order valence-corrected chi connectivity index (χ3v) is 6.17. The van der Waals surface area contributed by atoms with Crippen LogP contribution in [0.4, 0.5) is 0 Å². The monoisotopic (exact) mass is 375 g/mol. The fraction of sp³-hybridized carbons (Fsp3) is 0.533. The largest absolute Gasteiger partial charge is 0.494 e. The van der Waals surface area contributed by atoms with E-state index in [1.54, 1.807) is 14.1 Å². The second-order valence-electron chi connectivity index (χ2n) is 6.15. The van der Waals surface area contributed by atoms with Gasteiger partial charge in [0.25, 0.3) is 5.91 Å². The van der Waals surface area contributed by atoms with Crippen LogP contribution in [0.25, 0.3) is 0 Å². The number of halogens is 1. The number of sulfonamides is 1. The van der Waals surface area contributed by atoms with Gasteiger partial charge in [-0.25, -0.2) is 8.42 Å². The van der Waals surface area contributed by atoms with Crippen molar-refractivity contribution >= 4 is 27.5 Å². The molecule has 1 fully saturated rings. The molecule has 1 heterocycles. The van der Waals surface area contributed by atoms with Crippen molar-refractivity contribution in [2.75, 3.05) is 34.3 Å². The van der Waals surface area contributed by atoms with Crippen molar-refractivity contribution in [2.24, 2.45) is 11.7 Å². The molecule has 1 saturated heterocycles. The molecule has 0 spiro atoms. The first-order valence-corrected chi connectivity index (χ1v) is 9.26. The molecule has 0 bridgehead atoms. The summed E-state index contributed by atoms with van der Waals surface area (Å²) in [7, 11) is 0.583. The lowest BCUT2D eigenvalue weighted by molar-refractivity contribution is 0.0823. The minimum absolute atomic E-state index is 0.00813. The van der Waals surface area contributed by atoms with Crippen molar-refractivity contribution < 1.29 is 17.9 Å². The van der Waals surface area contributed by atoms with Gasteiger partial charge in [0.15, 0.2) is 5.75 Å². The number of amides is 1. The summed E-state index contributed by atoms with van der Waals surface area (Å²) in [5, 5.41) is 0.149. The molecule has 134 valence electrons. The zero-order valence-electron chi connectivity index (χ0n) is 14.1. The molecule has 7 nitrogen and oxygen atoms in total. The van der Waals surface area contributed by atoms with Gasteiger partial charge in [-0.2, -0.15) is 4.31 Å². The molecule has 1 aliphatic heterocycles. The number of nitrogens with two attached hydrogens (primary N) is 1. The zero-order chi connectivity index (χ0) is 18.2. The van der Waals surface area contributed by atoms with Gasteiger partial charge in [0, 0.05) is 38.2 Å². The molecular weight excluding hydrogens is 354 g/mol. The molecule has 9 heteroatoms.